The summed E-state index contributed by atoms with van der Waals surface area (Å²) >= 11 is 0. The van der Waals surface area contributed by atoms with Crippen molar-refractivity contribution < 1.29 is 13.2 Å². The van der Waals surface area contributed by atoms with Gasteiger partial charge >= 0.3 is 0 Å². The van der Waals surface area contributed by atoms with Gasteiger partial charge in [0.05, 0.1) is 4.90 Å². The minimum absolute atomic E-state index is 0.0354. The van der Waals surface area contributed by atoms with E-state index in [9.17, 15) is 13.2 Å². The van der Waals surface area contributed by atoms with Crippen molar-refractivity contribution in [1.82, 2.24) is 5.32 Å². The Morgan fingerprint density at radius 1 is 0.960 bits per heavy atom. The third-order valence-corrected chi connectivity index (χ3v) is 4.91. The first kappa shape index (κ1) is 19.1. The van der Waals surface area contributed by atoms with Crippen LogP contribution in [0.2, 0.25) is 0 Å². The molecule has 2 aromatic carbocycles. The van der Waals surface area contributed by atoms with Gasteiger partial charge in [0.1, 0.15) is 0 Å². The van der Waals surface area contributed by atoms with E-state index in [1.165, 1.54) is 23.3 Å². The highest BCUT2D eigenvalue weighted by Crippen LogP contribution is 2.09. The molecule has 5 nitrogen and oxygen atoms in total. The van der Waals surface area contributed by atoms with Crippen LogP contribution in [-0.4, -0.2) is 20.9 Å². The van der Waals surface area contributed by atoms with Crippen molar-refractivity contribution in [3.63, 3.8) is 0 Å². The van der Waals surface area contributed by atoms with Crippen molar-refractivity contribution in [1.29, 1.82) is 0 Å². The molecule has 25 heavy (non-hydrogen) atoms. The second-order valence-corrected chi connectivity index (χ2v) is 7.69. The van der Waals surface area contributed by atoms with Gasteiger partial charge in [0, 0.05) is 13.0 Å². The SMILES string of the molecule is Cc1ccc(CCCC(=O)NCCc2ccc(S(N)(=O)=O)cc2)cc1. The fourth-order valence-electron chi connectivity index (χ4n) is 2.49. The fraction of sp³-hybridized carbons (Fsp3) is 0.316. The zero-order valence-electron chi connectivity index (χ0n) is 14.4. The summed E-state index contributed by atoms with van der Waals surface area (Å²) in [6.45, 7) is 2.58. The zero-order chi connectivity index (χ0) is 18.3. The molecule has 0 aliphatic heterocycles. The van der Waals surface area contributed by atoms with Crippen molar-refractivity contribution >= 4 is 15.9 Å². The summed E-state index contributed by atoms with van der Waals surface area (Å²) in [7, 11) is -3.66. The van der Waals surface area contributed by atoms with Gasteiger partial charge in [0.15, 0.2) is 0 Å². The first-order chi connectivity index (χ1) is 11.8. The fourth-order valence-corrected chi connectivity index (χ4v) is 3.00. The maximum atomic E-state index is 11.9. The van der Waals surface area contributed by atoms with E-state index in [0.29, 0.717) is 19.4 Å². The van der Waals surface area contributed by atoms with Crippen LogP contribution < -0.4 is 10.5 Å². The smallest absolute Gasteiger partial charge is 0.238 e. The molecule has 2 aromatic rings. The van der Waals surface area contributed by atoms with Crippen LogP contribution in [0.4, 0.5) is 0 Å². The largest absolute Gasteiger partial charge is 0.356 e. The Morgan fingerprint density at radius 3 is 2.12 bits per heavy atom. The maximum Gasteiger partial charge on any atom is 0.238 e. The van der Waals surface area contributed by atoms with Crippen LogP contribution in [0.25, 0.3) is 0 Å². The summed E-state index contributed by atoms with van der Waals surface area (Å²) in [5, 5.41) is 7.95. The number of amides is 1. The van der Waals surface area contributed by atoms with Gasteiger partial charge in [-0.15, -0.1) is 0 Å². The number of aryl methyl sites for hydroxylation is 2. The molecule has 0 heterocycles. The molecule has 0 aliphatic carbocycles. The van der Waals surface area contributed by atoms with Crippen molar-refractivity contribution in [2.24, 2.45) is 5.14 Å². The molecule has 0 fully saturated rings. The molecule has 6 heteroatoms. The van der Waals surface area contributed by atoms with Gasteiger partial charge in [0.2, 0.25) is 15.9 Å². The second-order valence-electron chi connectivity index (χ2n) is 6.13. The molecule has 0 bridgehead atoms. The normalized spacial score (nSPS) is 11.3. The number of nitrogens with two attached hydrogens (primary N) is 1. The molecular formula is C19H24N2O3S. The predicted molar refractivity (Wildman–Crippen MR) is 98.6 cm³/mol. The molecule has 0 saturated carbocycles. The highest BCUT2D eigenvalue weighted by atomic mass is 32.2. The number of hydrogen-bond donors (Lipinski definition) is 2. The standard InChI is InChI=1S/C19H24N2O3S/c1-15-5-7-16(8-6-15)3-2-4-19(22)21-14-13-17-9-11-18(12-10-17)25(20,23)24/h5-12H,2-4,13-14H2,1H3,(H,21,22)(H2,20,23,24). The Balaban J connectivity index is 1.67. The number of sulfonamides is 1. The summed E-state index contributed by atoms with van der Waals surface area (Å²) < 4.78 is 22.4. The molecule has 1 amide bonds. The van der Waals surface area contributed by atoms with Gasteiger partial charge in [-0.25, -0.2) is 13.6 Å². The van der Waals surface area contributed by atoms with Gasteiger partial charge in [-0.2, -0.15) is 0 Å². The van der Waals surface area contributed by atoms with Crippen LogP contribution in [0, 0.1) is 6.92 Å². The van der Waals surface area contributed by atoms with Crippen LogP contribution in [0.3, 0.4) is 0 Å². The van der Waals surface area contributed by atoms with Gasteiger partial charge in [-0.3, -0.25) is 4.79 Å². The van der Waals surface area contributed by atoms with E-state index in [0.717, 1.165) is 18.4 Å². The lowest BCUT2D eigenvalue weighted by Gasteiger charge is -2.06. The number of carbonyl (C=O) groups excluding carboxylic acids is 1. The topological polar surface area (TPSA) is 89.3 Å². The lowest BCUT2D eigenvalue weighted by molar-refractivity contribution is -0.121. The zero-order valence-corrected chi connectivity index (χ0v) is 15.2. The van der Waals surface area contributed by atoms with E-state index < -0.39 is 10.0 Å². The van der Waals surface area contributed by atoms with Crippen LogP contribution in [-0.2, 0) is 27.7 Å². The van der Waals surface area contributed by atoms with Crippen molar-refractivity contribution in [2.45, 2.75) is 37.5 Å². The first-order valence-electron chi connectivity index (χ1n) is 8.28. The van der Waals surface area contributed by atoms with Crippen LogP contribution >= 0.6 is 0 Å². The molecule has 0 aliphatic rings. The lowest BCUT2D eigenvalue weighted by Crippen LogP contribution is -2.25. The van der Waals surface area contributed by atoms with Crippen molar-refractivity contribution in [2.75, 3.05) is 6.54 Å². The summed E-state index contributed by atoms with van der Waals surface area (Å²) in [4.78, 5) is 12.0. The molecule has 0 spiro atoms. The third kappa shape index (κ3) is 6.68. The van der Waals surface area contributed by atoms with Gasteiger partial charge in [0.25, 0.3) is 0 Å². The van der Waals surface area contributed by atoms with Gasteiger partial charge in [-0.1, -0.05) is 42.0 Å². The monoisotopic (exact) mass is 360 g/mol. The molecular weight excluding hydrogens is 336 g/mol. The quantitative estimate of drug-likeness (QED) is 0.757. The van der Waals surface area contributed by atoms with Crippen molar-refractivity contribution in [3.8, 4) is 0 Å². The summed E-state index contributed by atoms with van der Waals surface area (Å²) in [6.07, 6.45) is 2.85. The Labute approximate surface area is 149 Å². The average molecular weight is 360 g/mol. The minimum atomic E-state index is -3.66. The second kappa shape index (κ2) is 8.78. The first-order valence-corrected chi connectivity index (χ1v) is 9.83. The van der Waals surface area contributed by atoms with E-state index >= 15 is 0 Å². The molecule has 0 radical (unpaired) electrons. The molecule has 0 atom stereocenters. The minimum Gasteiger partial charge on any atom is -0.356 e. The molecule has 3 N–H and O–H groups in total. The van der Waals surface area contributed by atoms with E-state index in [2.05, 4.69) is 36.5 Å². The predicted octanol–water partition coefficient (Wildman–Crippen LogP) is 2.32. The number of benzene rings is 2. The molecule has 0 saturated heterocycles. The number of carbonyl (C=O) groups is 1. The number of hydrogen-bond acceptors (Lipinski definition) is 3. The van der Waals surface area contributed by atoms with Crippen LogP contribution in [0.5, 0.6) is 0 Å². The lowest BCUT2D eigenvalue weighted by atomic mass is 10.1. The number of rotatable bonds is 8. The number of primary sulfonamides is 1. The van der Waals surface area contributed by atoms with Gasteiger partial charge in [-0.05, 0) is 49.4 Å². The van der Waals surface area contributed by atoms with Crippen LogP contribution in [0.1, 0.15) is 29.5 Å². The third-order valence-electron chi connectivity index (χ3n) is 3.98. The van der Waals surface area contributed by atoms with E-state index in [-0.39, 0.29) is 10.8 Å². The van der Waals surface area contributed by atoms with E-state index in [4.69, 9.17) is 5.14 Å². The Morgan fingerprint density at radius 2 is 1.52 bits per heavy atom. The maximum absolute atomic E-state index is 11.9. The van der Waals surface area contributed by atoms with E-state index in [1.807, 2.05) is 0 Å². The van der Waals surface area contributed by atoms with E-state index in [1.54, 1.807) is 12.1 Å². The van der Waals surface area contributed by atoms with Crippen LogP contribution in [0.15, 0.2) is 53.4 Å². The Kier molecular flexibility index (Phi) is 6.73. The molecule has 2 rings (SSSR count). The molecule has 0 aromatic heterocycles. The summed E-state index contributed by atoms with van der Waals surface area (Å²) in [5.41, 5.74) is 3.43. The molecule has 134 valence electrons. The number of nitrogens with one attached hydrogen (secondary N) is 1. The van der Waals surface area contributed by atoms with Crippen molar-refractivity contribution in [3.05, 3.63) is 65.2 Å². The summed E-state index contributed by atoms with van der Waals surface area (Å²) in [5.74, 6) is 0.0354. The average Bonchev–Trinajstić information content (AvgIpc) is 2.56. The highest BCUT2D eigenvalue weighted by molar-refractivity contribution is 7.89. The Hall–Kier alpha value is -2.18. The molecule has 0 unspecified atom stereocenters. The summed E-state index contributed by atoms with van der Waals surface area (Å²) in [6, 6.07) is 14.7. The Bertz CT molecular complexity index is 798. The highest BCUT2D eigenvalue weighted by Gasteiger charge is 2.07. The van der Waals surface area contributed by atoms with Gasteiger partial charge < -0.3 is 5.32 Å².